The minimum Gasteiger partial charge on any atom is -0.496 e. The van der Waals surface area contributed by atoms with Crippen molar-refractivity contribution in [2.45, 2.75) is 52.5 Å². The van der Waals surface area contributed by atoms with Gasteiger partial charge in [0.15, 0.2) is 0 Å². The summed E-state index contributed by atoms with van der Waals surface area (Å²) in [6, 6.07) is 16.1. The number of carbonyl (C=O) groups excluding carboxylic acids is 2. The van der Waals surface area contributed by atoms with Gasteiger partial charge in [-0.15, -0.1) is 0 Å². The molecule has 0 bridgehead atoms. The number of ether oxygens (including phenoxy) is 1. The molecule has 0 atom stereocenters. The Bertz CT molecular complexity index is 1160. The molecule has 1 heterocycles. The van der Waals surface area contributed by atoms with Crippen LogP contribution in [0, 0.1) is 11.8 Å². The molecule has 0 saturated heterocycles. The van der Waals surface area contributed by atoms with Gasteiger partial charge in [0.2, 0.25) is 11.8 Å². The Morgan fingerprint density at radius 1 is 1.00 bits per heavy atom. The van der Waals surface area contributed by atoms with Crippen molar-refractivity contribution in [3.05, 3.63) is 65.9 Å². The van der Waals surface area contributed by atoms with Crippen LogP contribution in [0.25, 0.3) is 10.9 Å². The predicted octanol–water partition coefficient (Wildman–Crippen LogP) is 5.42. The van der Waals surface area contributed by atoms with E-state index in [1.54, 1.807) is 7.11 Å². The maximum atomic E-state index is 13.8. The summed E-state index contributed by atoms with van der Waals surface area (Å²) in [5.74, 6) is 1.25. The lowest BCUT2D eigenvalue weighted by Gasteiger charge is -2.30. The molecule has 1 N–H and O–H groups in total. The zero-order valence-electron chi connectivity index (χ0n) is 21.8. The van der Waals surface area contributed by atoms with Crippen LogP contribution in [0.5, 0.6) is 5.75 Å². The number of rotatable bonds is 11. The molecule has 2 amide bonds. The van der Waals surface area contributed by atoms with E-state index in [9.17, 15) is 9.59 Å². The first-order valence-electron chi connectivity index (χ1n) is 13.2. The summed E-state index contributed by atoms with van der Waals surface area (Å²) in [4.78, 5) is 34.1. The first-order valence-corrected chi connectivity index (χ1v) is 13.2. The zero-order valence-corrected chi connectivity index (χ0v) is 21.8. The molecule has 1 aromatic heterocycles. The quantitative estimate of drug-likeness (QED) is 0.391. The van der Waals surface area contributed by atoms with Crippen molar-refractivity contribution in [1.82, 2.24) is 14.8 Å². The Labute approximate surface area is 214 Å². The molecule has 6 nitrogen and oxygen atoms in total. The van der Waals surface area contributed by atoms with Crippen LogP contribution in [-0.4, -0.2) is 53.3 Å². The van der Waals surface area contributed by atoms with Gasteiger partial charge in [0.05, 0.1) is 13.7 Å². The summed E-state index contributed by atoms with van der Waals surface area (Å²) in [6.45, 7) is 5.93. The van der Waals surface area contributed by atoms with Gasteiger partial charge in [-0.1, -0.05) is 63.1 Å². The fraction of sp³-hybridized carbons (Fsp3) is 0.467. The third-order valence-corrected chi connectivity index (χ3v) is 7.16. The van der Waals surface area contributed by atoms with E-state index in [2.05, 4.69) is 31.0 Å². The Balaban J connectivity index is 1.54. The molecule has 1 aliphatic carbocycles. The molecule has 192 valence electrons. The first-order chi connectivity index (χ1) is 17.5. The number of hydrogen-bond acceptors (Lipinski definition) is 3. The number of hydrogen-bond donors (Lipinski definition) is 1. The summed E-state index contributed by atoms with van der Waals surface area (Å²) >= 11 is 0. The lowest BCUT2D eigenvalue weighted by Crippen LogP contribution is -2.46. The number of aromatic amines is 1. The number of fused-ring (bicyclic) bond motifs is 1. The van der Waals surface area contributed by atoms with Gasteiger partial charge in [0.1, 0.15) is 5.75 Å². The van der Waals surface area contributed by atoms with E-state index >= 15 is 0 Å². The lowest BCUT2D eigenvalue weighted by molar-refractivity contribution is -0.143. The average molecular weight is 490 g/mol. The molecular formula is C30H39N3O3. The second kappa shape index (κ2) is 12.1. The van der Waals surface area contributed by atoms with Crippen LogP contribution in [0.15, 0.2) is 54.7 Å². The highest BCUT2D eigenvalue weighted by Gasteiger charge is 2.30. The molecule has 0 radical (unpaired) electrons. The minimum absolute atomic E-state index is 0.0206. The molecule has 1 fully saturated rings. The van der Waals surface area contributed by atoms with Crippen molar-refractivity contribution in [2.75, 3.05) is 26.7 Å². The molecule has 4 rings (SSSR count). The third-order valence-electron chi connectivity index (χ3n) is 7.16. The van der Waals surface area contributed by atoms with Crippen molar-refractivity contribution in [2.24, 2.45) is 11.8 Å². The maximum Gasteiger partial charge on any atom is 0.242 e. The normalized spacial score (nSPS) is 13.9. The van der Waals surface area contributed by atoms with Gasteiger partial charge in [0.25, 0.3) is 0 Å². The van der Waals surface area contributed by atoms with Gasteiger partial charge in [0, 0.05) is 48.2 Å². The number of nitrogens with zero attached hydrogens (tertiary/aromatic N) is 2. The van der Waals surface area contributed by atoms with Crippen LogP contribution in [0.4, 0.5) is 0 Å². The van der Waals surface area contributed by atoms with Crippen molar-refractivity contribution in [3.63, 3.8) is 0 Å². The van der Waals surface area contributed by atoms with Gasteiger partial charge >= 0.3 is 0 Å². The highest BCUT2D eigenvalue weighted by molar-refractivity contribution is 5.86. The standard InChI is InChI=1S/C30H39N3O3/c1-22(2)19-33(30(35)23-10-4-5-11-23)21-29(34)32(20-25-12-6-9-15-28(25)36-3)17-16-24-18-31-27-14-8-7-13-26(24)27/h6-9,12-15,18,22-23,31H,4-5,10-11,16-17,19-21H2,1-3H3. The second-order valence-electron chi connectivity index (χ2n) is 10.3. The van der Waals surface area contributed by atoms with Crippen molar-refractivity contribution >= 4 is 22.7 Å². The van der Waals surface area contributed by atoms with Crippen molar-refractivity contribution in [3.8, 4) is 5.75 Å². The van der Waals surface area contributed by atoms with Gasteiger partial charge in [-0.3, -0.25) is 9.59 Å². The summed E-state index contributed by atoms with van der Waals surface area (Å²) in [5.41, 5.74) is 3.25. The highest BCUT2D eigenvalue weighted by Crippen LogP contribution is 2.27. The number of methoxy groups -OCH3 is 1. The Morgan fingerprint density at radius 2 is 1.72 bits per heavy atom. The SMILES string of the molecule is COc1ccccc1CN(CCc1c[nH]c2ccccc12)C(=O)CN(CC(C)C)C(=O)C1CCCC1. The number of H-pyrrole nitrogens is 1. The van der Waals surface area contributed by atoms with E-state index in [0.29, 0.717) is 25.6 Å². The molecule has 0 spiro atoms. The summed E-state index contributed by atoms with van der Waals surface area (Å²) in [7, 11) is 1.65. The van der Waals surface area contributed by atoms with Gasteiger partial charge in [-0.2, -0.15) is 0 Å². The van der Waals surface area contributed by atoms with E-state index in [4.69, 9.17) is 4.74 Å². The first kappa shape index (κ1) is 25.8. The fourth-order valence-electron chi connectivity index (χ4n) is 5.29. The molecule has 3 aromatic rings. The van der Waals surface area contributed by atoms with Crippen molar-refractivity contribution < 1.29 is 14.3 Å². The van der Waals surface area contributed by atoms with Crippen molar-refractivity contribution in [1.29, 1.82) is 0 Å². The summed E-state index contributed by atoms with van der Waals surface area (Å²) in [6.07, 6.45) is 6.84. The molecule has 0 unspecified atom stereocenters. The number of para-hydroxylation sites is 2. The Kier molecular flexibility index (Phi) is 8.68. The molecule has 1 saturated carbocycles. The number of benzene rings is 2. The van der Waals surface area contributed by atoms with Gasteiger partial charge in [-0.05, 0) is 42.9 Å². The number of carbonyl (C=O) groups is 2. The van der Waals surface area contributed by atoms with E-state index < -0.39 is 0 Å². The van der Waals surface area contributed by atoms with Crippen LogP contribution < -0.4 is 4.74 Å². The molecular weight excluding hydrogens is 450 g/mol. The summed E-state index contributed by atoms with van der Waals surface area (Å²) in [5, 5.41) is 1.18. The minimum atomic E-state index is -0.0206. The van der Waals surface area contributed by atoms with Gasteiger partial charge in [-0.25, -0.2) is 0 Å². The van der Waals surface area contributed by atoms with Crippen LogP contribution in [0.2, 0.25) is 0 Å². The van der Waals surface area contributed by atoms with Crippen LogP contribution in [0.3, 0.4) is 0 Å². The van der Waals surface area contributed by atoms with Crippen LogP contribution in [0.1, 0.15) is 50.7 Å². The lowest BCUT2D eigenvalue weighted by atomic mass is 10.1. The van der Waals surface area contributed by atoms with Gasteiger partial charge < -0.3 is 19.5 Å². The molecule has 1 aliphatic rings. The largest absolute Gasteiger partial charge is 0.496 e. The summed E-state index contributed by atoms with van der Waals surface area (Å²) < 4.78 is 5.57. The number of amides is 2. The molecule has 0 aliphatic heterocycles. The predicted molar refractivity (Wildman–Crippen MR) is 144 cm³/mol. The molecule has 6 heteroatoms. The average Bonchev–Trinajstić information content (AvgIpc) is 3.56. The fourth-order valence-corrected chi connectivity index (χ4v) is 5.29. The zero-order chi connectivity index (χ0) is 25.5. The number of aromatic nitrogens is 1. The third kappa shape index (κ3) is 6.28. The van der Waals surface area contributed by atoms with E-state index in [0.717, 1.165) is 48.9 Å². The number of nitrogens with one attached hydrogen (secondary N) is 1. The maximum absolute atomic E-state index is 13.8. The topological polar surface area (TPSA) is 65.6 Å². The molecule has 36 heavy (non-hydrogen) atoms. The highest BCUT2D eigenvalue weighted by atomic mass is 16.5. The van der Waals surface area contributed by atoms with Crippen LogP contribution in [-0.2, 0) is 22.6 Å². The van der Waals surface area contributed by atoms with E-state index in [1.165, 1.54) is 10.9 Å². The van der Waals surface area contributed by atoms with Crippen LogP contribution >= 0.6 is 0 Å². The van der Waals surface area contributed by atoms with E-state index in [1.807, 2.05) is 52.4 Å². The Hall–Kier alpha value is -3.28. The molecule has 2 aromatic carbocycles. The Morgan fingerprint density at radius 3 is 2.47 bits per heavy atom. The smallest absolute Gasteiger partial charge is 0.242 e. The van der Waals surface area contributed by atoms with E-state index in [-0.39, 0.29) is 24.3 Å². The second-order valence-corrected chi connectivity index (χ2v) is 10.3. The monoisotopic (exact) mass is 489 g/mol.